The number of hydrogen-bond acceptors (Lipinski definition) is 3. The van der Waals surface area contributed by atoms with E-state index in [-0.39, 0.29) is 21.1 Å². The molecule has 0 fully saturated rings. The van der Waals surface area contributed by atoms with Crippen LogP contribution in [-0.4, -0.2) is 9.97 Å². The molecule has 354 valence electrons. The zero-order chi connectivity index (χ0) is 49.1. The van der Waals surface area contributed by atoms with Crippen LogP contribution in [0.2, 0.25) is 0 Å². The Morgan fingerprint density at radius 3 is 1.11 bits per heavy atom. The fourth-order valence-electron chi connectivity index (χ4n) is 9.92. The van der Waals surface area contributed by atoms with Gasteiger partial charge in [-0.2, -0.15) is 0 Å². The first-order chi connectivity index (χ1) is 36.0. The molecule has 0 spiro atoms. The summed E-state index contributed by atoms with van der Waals surface area (Å²) in [5.41, 5.74) is 21.9. The van der Waals surface area contributed by atoms with Gasteiger partial charge in [0, 0.05) is 17.8 Å². The largest absolute Gasteiger partial charge is 2.00 e. The molecule has 0 saturated carbocycles. The van der Waals surface area contributed by atoms with Crippen molar-refractivity contribution < 1.29 is 21.1 Å². The monoisotopic (exact) mass is 1130 g/mol. The van der Waals surface area contributed by atoms with Gasteiger partial charge in [-0.05, 0) is 115 Å². The van der Waals surface area contributed by atoms with Gasteiger partial charge in [-0.25, -0.2) is 0 Å². The zero-order valence-corrected chi connectivity index (χ0v) is 43.3. The van der Waals surface area contributed by atoms with Gasteiger partial charge in [0.25, 0.3) is 0 Å². The van der Waals surface area contributed by atoms with Crippen LogP contribution in [0.15, 0.2) is 261 Å². The zero-order valence-electron chi connectivity index (χ0n) is 41.0. The van der Waals surface area contributed by atoms with Crippen LogP contribution < -0.4 is 4.90 Å². The molecule has 0 radical (unpaired) electrons. The fourth-order valence-corrected chi connectivity index (χ4v) is 9.92. The quantitative estimate of drug-likeness (QED) is 0.121. The van der Waals surface area contributed by atoms with Crippen molar-refractivity contribution in [3.8, 4) is 89.3 Å². The van der Waals surface area contributed by atoms with Crippen molar-refractivity contribution in [2.75, 3.05) is 4.90 Å². The molecule has 0 aliphatic carbocycles. The molecule has 0 aliphatic heterocycles. The Labute approximate surface area is 448 Å². The maximum atomic E-state index is 5.13. The third kappa shape index (κ3) is 9.79. The normalized spacial score (nSPS) is 11.0. The molecule has 12 aromatic rings. The van der Waals surface area contributed by atoms with Crippen LogP contribution >= 0.6 is 0 Å². The number of hydrogen-bond donors (Lipinski definition) is 0. The Kier molecular flexibility index (Phi) is 13.6. The number of nitrogens with zero attached hydrogens (tertiary/aromatic N) is 3. The smallest absolute Gasteiger partial charge is 0.346 e. The van der Waals surface area contributed by atoms with Gasteiger partial charge >= 0.3 is 21.1 Å². The summed E-state index contributed by atoms with van der Waals surface area (Å²) in [6.45, 7) is 4.27. The summed E-state index contributed by atoms with van der Waals surface area (Å²) in [6.07, 6.45) is 3.98. The molecule has 0 unspecified atom stereocenters. The van der Waals surface area contributed by atoms with Gasteiger partial charge < -0.3 is 14.9 Å². The minimum absolute atomic E-state index is 0. The Balaban J connectivity index is 0.00000588. The first kappa shape index (κ1) is 47.6. The summed E-state index contributed by atoms with van der Waals surface area (Å²) >= 11 is 0. The second-order valence-electron chi connectivity index (χ2n) is 18.6. The van der Waals surface area contributed by atoms with Crippen LogP contribution in [0.4, 0.5) is 17.1 Å². The summed E-state index contributed by atoms with van der Waals surface area (Å²) in [6, 6.07) is 96.3. The van der Waals surface area contributed by atoms with Gasteiger partial charge in [0.15, 0.2) is 0 Å². The number of rotatable bonds is 11. The van der Waals surface area contributed by atoms with Gasteiger partial charge in [0.1, 0.15) is 0 Å². The van der Waals surface area contributed by atoms with Crippen LogP contribution in [0.5, 0.6) is 0 Å². The van der Waals surface area contributed by atoms with E-state index < -0.39 is 0 Å². The van der Waals surface area contributed by atoms with Gasteiger partial charge in [0.2, 0.25) is 0 Å². The SMILES string of the molecule is Cc1cnc(-c2[c-]c(N(c3[c-]c(-c4cc(-c5ccc(-c6ccccc6)cc5)c(C)cn4)cc(-c4ccccc4)c3)c3cccc4ccccc34)cc(-c3ccccc3)c2)cc1-c1ccc(-c2ccccc2)cc1.[Pt+2]. The average Bonchev–Trinajstić information content (AvgIpc) is 3.46. The van der Waals surface area contributed by atoms with Crippen molar-refractivity contribution in [2.24, 2.45) is 0 Å². The van der Waals surface area contributed by atoms with Crippen LogP contribution in [-0.2, 0) is 21.1 Å². The Morgan fingerprint density at radius 2 is 0.676 bits per heavy atom. The minimum atomic E-state index is 0. The van der Waals surface area contributed by atoms with Gasteiger partial charge in [0.05, 0.1) is 5.69 Å². The minimum Gasteiger partial charge on any atom is -0.346 e. The Hall–Kier alpha value is -8.75. The van der Waals surface area contributed by atoms with Gasteiger partial charge in [-0.1, -0.05) is 230 Å². The van der Waals surface area contributed by atoms with Crippen LogP contribution in [0.1, 0.15) is 11.1 Å². The van der Waals surface area contributed by atoms with Gasteiger partial charge in [-0.3, -0.25) is 0 Å². The predicted octanol–water partition coefficient (Wildman–Crippen LogP) is 18.7. The number of anilines is 3. The van der Waals surface area contributed by atoms with Crippen molar-refractivity contribution in [3.63, 3.8) is 0 Å². The molecule has 3 nitrogen and oxygen atoms in total. The topological polar surface area (TPSA) is 29.0 Å². The number of pyridine rings is 2. The van der Waals surface area contributed by atoms with E-state index in [9.17, 15) is 0 Å². The van der Waals surface area contributed by atoms with E-state index >= 15 is 0 Å². The van der Waals surface area contributed by atoms with E-state index in [2.05, 4.69) is 280 Å². The maximum absolute atomic E-state index is 5.13. The first-order valence-electron chi connectivity index (χ1n) is 24.8. The van der Waals surface area contributed by atoms with Gasteiger partial charge in [-0.15, -0.1) is 47.5 Å². The van der Waals surface area contributed by atoms with E-state index in [1.165, 1.54) is 22.3 Å². The molecule has 2 heterocycles. The summed E-state index contributed by atoms with van der Waals surface area (Å²) in [7, 11) is 0. The van der Waals surface area contributed by atoms with Crippen LogP contribution in [0, 0.1) is 26.0 Å². The van der Waals surface area contributed by atoms with Crippen molar-refractivity contribution in [2.45, 2.75) is 13.8 Å². The molecule has 0 saturated heterocycles. The number of fused-ring (bicyclic) bond motifs is 1. The van der Waals surface area contributed by atoms with Crippen LogP contribution in [0.25, 0.3) is 100 Å². The van der Waals surface area contributed by atoms with E-state index in [0.717, 1.165) is 106 Å². The molecular formula is C70H49N3Pt. The summed E-state index contributed by atoms with van der Waals surface area (Å²) in [5.74, 6) is 0. The average molecular weight is 1130 g/mol. The van der Waals surface area contributed by atoms with E-state index in [4.69, 9.17) is 9.97 Å². The molecule has 0 atom stereocenters. The number of aryl methyl sites for hydroxylation is 2. The molecule has 0 aliphatic rings. The molecular weight excluding hydrogens is 1080 g/mol. The molecule has 0 bridgehead atoms. The Bertz CT molecular complexity index is 3670. The third-order valence-electron chi connectivity index (χ3n) is 13.8. The van der Waals surface area contributed by atoms with Crippen molar-refractivity contribution in [1.29, 1.82) is 0 Å². The summed E-state index contributed by atoms with van der Waals surface area (Å²) < 4.78 is 0. The van der Waals surface area contributed by atoms with E-state index in [1.807, 2.05) is 12.4 Å². The standard InChI is InChI=1S/C70H49N3.Pt/c1-48-46-71-68(44-66(48)57-34-30-54(31-35-57)50-18-7-3-8-19-50)61-38-59(52-22-11-5-12-23-52)40-63(42-61)73(70-29-17-27-56-26-15-16-28-65(56)70)64-41-60(53-24-13-6-14-25-53)39-62(43-64)69-45-67(49(2)47-72-69)58-36-32-55(33-37-58)51-20-9-4-10-21-51;/h3-41,44-47H,1-2H3;/q-2;+2. The predicted molar refractivity (Wildman–Crippen MR) is 305 cm³/mol. The molecule has 0 amide bonds. The summed E-state index contributed by atoms with van der Waals surface area (Å²) in [4.78, 5) is 12.6. The van der Waals surface area contributed by atoms with Crippen LogP contribution in [0.3, 0.4) is 0 Å². The van der Waals surface area contributed by atoms with Crippen molar-refractivity contribution in [3.05, 3.63) is 284 Å². The Morgan fingerprint density at radius 1 is 0.324 bits per heavy atom. The molecule has 0 N–H and O–H groups in total. The molecule has 12 rings (SSSR count). The number of aromatic nitrogens is 2. The fraction of sp³-hybridized carbons (Fsp3) is 0.0286. The maximum Gasteiger partial charge on any atom is 2.00 e. The molecule has 2 aromatic heterocycles. The van der Waals surface area contributed by atoms with E-state index in [1.54, 1.807) is 0 Å². The first-order valence-corrected chi connectivity index (χ1v) is 24.8. The molecule has 10 aromatic carbocycles. The number of benzene rings is 10. The van der Waals surface area contributed by atoms with Crippen molar-refractivity contribution >= 4 is 27.8 Å². The third-order valence-corrected chi connectivity index (χ3v) is 13.8. The van der Waals surface area contributed by atoms with Crippen molar-refractivity contribution in [1.82, 2.24) is 9.97 Å². The van der Waals surface area contributed by atoms with E-state index in [0.29, 0.717) is 0 Å². The summed E-state index contributed by atoms with van der Waals surface area (Å²) in [5, 5.41) is 2.24. The second-order valence-corrected chi connectivity index (χ2v) is 18.6. The second kappa shape index (κ2) is 21.1. The molecule has 74 heavy (non-hydrogen) atoms. The molecule has 4 heteroatoms.